The first-order valence-electron chi connectivity index (χ1n) is 10.4. The zero-order valence-electron chi connectivity index (χ0n) is 17.4. The van der Waals surface area contributed by atoms with Crippen LogP contribution in [0.4, 0.5) is 5.69 Å². The molecule has 1 atom stereocenters. The quantitative estimate of drug-likeness (QED) is 0.839. The van der Waals surface area contributed by atoms with E-state index in [0.717, 1.165) is 38.3 Å². The molecule has 0 aliphatic carbocycles. The number of carbonyl (C=O) groups excluding carboxylic acids is 1. The summed E-state index contributed by atoms with van der Waals surface area (Å²) >= 11 is 0. The van der Waals surface area contributed by atoms with Crippen LogP contribution in [0, 0.1) is 5.92 Å². The monoisotopic (exact) mass is 398 g/mol. The predicted molar refractivity (Wildman–Crippen MR) is 111 cm³/mol. The van der Waals surface area contributed by atoms with Gasteiger partial charge in [-0.05, 0) is 30.9 Å². The number of hydrogen-bond donors (Lipinski definition) is 1. The highest BCUT2D eigenvalue weighted by Crippen LogP contribution is 2.40. The van der Waals surface area contributed by atoms with Crippen LogP contribution in [-0.4, -0.2) is 53.2 Å². The van der Waals surface area contributed by atoms with E-state index in [1.807, 2.05) is 36.7 Å². The predicted octanol–water partition coefficient (Wildman–Crippen LogP) is 2.88. The molecule has 1 unspecified atom stereocenters. The van der Waals surface area contributed by atoms with Gasteiger partial charge in [0.25, 0.3) is 5.91 Å². The maximum absolute atomic E-state index is 13.0. The number of nitrogens with zero attached hydrogens (tertiary/aromatic N) is 3. The molecule has 1 saturated heterocycles. The smallest absolute Gasteiger partial charge is 0.255 e. The fourth-order valence-electron chi connectivity index (χ4n) is 4.41. The number of piperidine rings is 1. The van der Waals surface area contributed by atoms with Gasteiger partial charge < -0.3 is 24.3 Å². The van der Waals surface area contributed by atoms with Gasteiger partial charge in [-0.1, -0.05) is 19.9 Å². The van der Waals surface area contributed by atoms with E-state index in [4.69, 9.17) is 9.47 Å². The number of anilines is 1. The van der Waals surface area contributed by atoms with E-state index in [1.165, 1.54) is 0 Å². The summed E-state index contributed by atoms with van der Waals surface area (Å²) in [6.45, 7) is 7.96. The maximum Gasteiger partial charge on any atom is 0.255 e. The van der Waals surface area contributed by atoms with Gasteiger partial charge in [0.1, 0.15) is 17.2 Å². The van der Waals surface area contributed by atoms with Crippen molar-refractivity contribution in [2.24, 2.45) is 5.92 Å². The van der Waals surface area contributed by atoms with Crippen molar-refractivity contribution in [3.05, 3.63) is 42.5 Å². The van der Waals surface area contributed by atoms with Crippen molar-refractivity contribution in [1.82, 2.24) is 14.5 Å². The summed E-state index contributed by atoms with van der Waals surface area (Å²) in [5, 5.41) is 2.98. The molecule has 1 N–H and O–H groups in total. The van der Waals surface area contributed by atoms with Gasteiger partial charge in [-0.2, -0.15) is 0 Å². The van der Waals surface area contributed by atoms with Crippen LogP contribution >= 0.6 is 0 Å². The number of amides is 1. The molecule has 2 aliphatic heterocycles. The summed E-state index contributed by atoms with van der Waals surface area (Å²) in [4.78, 5) is 20.1. The number of carbonyl (C=O) groups is 1. The van der Waals surface area contributed by atoms with Crippen molar-refractivity contribution in [2.45, 2.75) is 44.9 Å². The molecule has 1 fully saturated rings. The van der Waals surface area contributed by atoms with Gasteiger partial charge in [-0.3, -0.25) is 4.79 Å². The Morgan fingerprint density at radius 1 is 1.38 bits per heavy atom. The minimum absolute atomic E-state index is 0.137. The average molecular weight is 399 g/mol. The third-order valence-corrected chi connectivity index (χ3v) is 5.77. The van der Waals surface area contributed by atoms with Gasteiger partial charge in [0.2, 0.25) is 0 Å². The normalized spacial score (nSPS) is 21.2. The topological polar surface area (TPSA) is 68.6 Å². The Morgan fingerprint density at radius 2 is 2.17 bits per heavy atom. The third-order valence-electron chi connectivity index (χ3n) is 5.77. The second-order valence-electron chi connectivity index (χ2n) is 8.42. The lowest BCUT2D eigenvalue weighted by atomic mass is 9.88. The standard InChI is InChI=1S/C22H30N4O3/c1-16(2)14-25-10-7-22(8-11-25)21-23-9-12-26(21)15-19(29-22)20(27)24-17-5-4-6-18(13-17)28-3/h4-6,9,12-13,16,19H,7-8,10-11,14-15H2,1-3H3,(H,24,27). The van der Waals surface area contributed by atoms with Crippen LogP contribution in [0.1, 0.15) is 32.5 Å². The molecule has 0 bridgehead atoms. The Balaban J connectivity index is 1.50. The molecule has 1 aromatic carbocycles. The highest BCUT2D eigenvalue weighted by Gasteiger charge is 2.47. The van der Waals surface area contributed by atoms with E-state index in [-0.39, 0.29) is 5.91 Å². The van der Waals surface area contributed by atoms with Gasteiger partial charge in [0.05, 0.1) is 13.7 Å². The summed E-state index contributed by atoms with van der Waals surface area (Å²) < 4.78 is 13.8. The van der Waals surface area contributed by atoms with Gasteiger partial charge in [0.15, 0.2) is 6.10 Å². The van der Waals surface area contributed by atoms with Gasteiger partial charge in [-0.15, -0.1) is 0 Å². The lowest BCUT2D eigenvalue weighted by Gasteiger charge is -2.45. The molecule has 1 amide bonds. The number of nitrogens with one attached hydrogen (secondary N) is 1. The molecule has 2 aromatic rings. The number of methoxy groups -OCH3 is 1. The van der Waals surface area contributed by atoms with Crippen LogP contribution < -0.4 is 10.1 Å². The first-order chi connectivity index (χ1) is 14.0. The highest BCUT2D eigenvalue weighted by molar-refractivity contribution is 5.94. The zero-order valence-corrected chi connectivity index (χ0v) is 17.4. The van der Waals surface area contributed by atoms with Crippen LogP contribution in [0.25, 0.3) is 0 Å². The lowest BCUT2D eigenvalue weighted by molar-refractivity contribution is -0.170. The van der Waals surface area contributed by atoms with Crippen molar-refractivity contribution < 1.29 is 14.3 Å². The Kier molecular flexibility index (Phi) is 5.61. The highest BCUT2D eigenvalue weighted by atomic mass is 16.5. The Bertz CT molecular complexity index is 855. The third kappa shape index (κ3) is 4.16. The molecule has 0 radical (unpaired) electrons. The van der Waals surface area contributed by atoms with E-state index in [0.29, 0.717) is 23.9 Å². The molecule has 1 aromatic heterocycles. The van der Waals surface area contributed by atoms with Gasteiger partial charge in [0, 0.05) is 43.8 Å². The zero-order chi connectivity index (χ0) is 20.4. The number of benzene rings is 1. The second kappa shape index (κ2) is 8.16. The van der Waals surface area contributed by atoms with Crippen LogP contribution in [0.2, 0.25) is 0 Å². The van der Waals surface area contributed by atoms with Gasteiger partial charge in [-0.25, -0.2) is 4.98 Å². The molecular weight excluding hydrogens is 368 g/mol. The number of ether oxygens (including phenoxy) is 2. The molecule has 1 spiro atoms. The Morgan fingerprint density at radius 3 is 2.90 bits per heavy atom. The second-order valence-corrected chi connectivity index (χ2v) is 8.42. The Labute approximate surface area is 172 Å². The summed E-state index contributed by atoms with van der Waals surface area (Å²) in [5.41, 5.74) is 0.209. The van der Waals surface area contributed by atoms with Crippen molar-refractivity contribution >= 4 is 11.6 Å². The van der Waals surface area contributed by atoms with E-state index in [2.05, 4.69) is 33.6 Å². The fourth-order valence-corrected chi connectivity index (χ4v) is 4.41. The molecule has 3 heterocycles. The van der Waals surface area contributed by atoms with E-state index >= 15 is 0 Å². The van der Waals surface area contributed by atoms with Crippen LogP contribution in [0.3, 0.4) is 0 Å². The van der Waals surface area contributed by atoms with Crippen LogP contribution in [0.15, 0.2) is 36.7 Å². The molecular formula is C22H30N4O3. The van der Waals surface area contributed by atoms with E-state index in [1.54, 1.807) is 7.11 Å². The van der Waals surface area contributed by atoms with Crippen molar-refractivity contribution in [3.8, 4) is 5.75 Å². The summed E-state index contributed by atoms with van der Waals surface area (Å²) in [7, 11) is 1.61. The van der Waals surface area contributed by atoms with Crippen molar-refractivity contribution in [2.75, 3.05) is 32.1 Å². The average Bonchev–Trinajstić information content (AvgIpc) is 3.19. The SMILES string of the molecule is COc1cccc(NC(=O)C2Cn3ccnc3C3(CCN(CC(C)C)CC3)O2)c1. The first kappa shape index (κ1) is 19.9. The number of likely N-dealkylation sites (tertiary alicyclic amines) is 1. The maximum atomic E-state index is 13.0. The number of fused-ring (bicyclic) bond motifs is 2. The molecule has 29 heavy (non-hydrogen) atoms. The van der Waals surface area contributed by atoms with Crippen molar-refractivity contribution in [1.29, 1.82) is 0 Å². The van der Waals surface area contributed by atoms with Gasteiger partial charge >= 0.3 is 0 Å². The fraction of sp³-hybridized carbons (Fsp3) is 0.545. The summed E-state index contributed by atoms with van der Waals surface area (Å²) in [6, 6.07) is 7.37. The van der Waals surface area contributed by atoms with Crippen molar-refractivity contribution in [3.63, 3.8) is 0 Å². The number of aromatic nitrogens is 2. The molecule has 7 heteroatoms. The van der Waals surface area contributed by atoms with E-state index in [9.17, 15) is 4.79 Å². The molecule has 7 nitrogen and oxygen atoms in total. The Hall–Kier alpha value is -2.38. The molecule has 0 saturated carbocycles. The minimum atomic E-state index is -0.556. The largest absolute Gasteiger partial charge is 0.497 e. The minimum Gasteiger partial charge on any atom is -0.497 e. The molecule has 2 aliphatic rings. The lowest BCUT2D eigenvalue weighted by Crippen LogP contribution is -2.53. The van der Waals surface area contributed by atoms with Crippen LogP contribution in [0.5, 0.6) is 5.75 Å². The number of imidazole rings is 1. The molecule has 156 valence electrons. The number of rotatable bonds is 5. The first-order valence-corrected chi connectivity index (χ1v) is 10.4. The summed E-state index contributed by atoms with van der Waals surface area (Å²) in [5.74, 6) is 2.16. The van der Waals surface area contributed by atoms with Crippen LogP contribution in [-0.2, 0) is 21.7 Å². The summed E-state index contributed by atoms with van der Waals surface area (Å²) in [6.07, 6.45) is 4.90. The number of hydrogen-bond acceptors (Lipinski definition) is 5. The molecule has 4 rings (SSSR count). The van der Waals surface area contributed by atoms with E-state index < -0.39 is 11.7 Å².